The summed E-state index contributed by atoms with van der Waals surface area (Å²) in [7, 11) is 2.70. The molecular weight excluding hydrogens is 436 g/mol. The lowest BCUT2D eigenvalue weighted by molar-refractivity contribution is -0.125. The van der Waals surface area contributed by atoms with Crippen LogP contribution in [0.3, 0.4) is 0 Å². The number of phenols is 1. The van der Waals surface area contributed by atoms with Gasteiger partial charge in [-0.15, -0.1) is 0 Å². The predicted molar refractivity (Wildman–Crippen MR) is 118 cm³/mol. The van der Waals surface area contributed by atoms with E-state index in [2.05, 4.69) is 0 Å². The van der Waals surface area contributed by atoms with Gasteiger partial charge in [-0.1, -0.05) is 0 Å². The molecule has 1 heterocycles. The Balaban J connectivity index is 2.01. The highest BCUT2D eigenvalue weighted by atomic mass is 16.7. The molecule has 2 unspecified atom stereocenters. The largest absolute Gasteiger partial charge is 0.502 e. The van der Waals surface area contributed by atoms with Crippen molar-refractivity contribution >= 4 is 11.0 Å². The molecule has 0 radical (unpaired) electrons. The first-order chi connectivity index (χ1) is 15.8. The third-order valence-electron chi connectivity index (χ3n) is 4.92. The zero-order valence-electron chi connectivity index (χ0n) is 18.4. The van der Waals surface area contributed by atoms with E-state index in [1.807, 2.05) is 0 Å². The molecule has 0 saturated carbocycles. The first-order valence-electron chi connectivity index (χ1n) is 10.1. The molecular formula is C23H26O10. The number of hydrogen-bond donors (Lipinski definition) is 4. The van der Waals surface area contributed by atoms with Gasteiger partial charge >= 0.3 is 0 Å². The first kappa shape index (κ1) is 24.2. The molecule has 0 aliphatic heterocycles. The summed E-state index contributed by atoms with van der Waals surface area (Å²) >= 11 is 0. The lowest BCUT2D eigenvalue weighted by atomic mass is 10.1. The number of methoxy groups -OCH3 is 2. The minimum Gasteiger partial charge on any atom is -0.502 e. The summed E-state index contributed by atoms with van der Waals surface area (Å²) in [5.74, 6) is -0.548. The third kappa shape index (κ3) is 5.14. The quantitative estimate of drug-likeness (QED) is 0.331. The maximum atomic E-state index is 12.7. The van der Waals surface area contributed by atoms with Gasteiger partial charge in [-0.05, 0) is 37.6 Å². The maximum absolute atomic E-state index is 12.7. The van der Waals surface area contributed by atoms with Crippen molar-refractivity contribution in [1.29, 1.82) is 0 Å². The number of rotatable bonds is 10. The van der Waals surface area contributed by atoms with Crippen molar-refractivity contribution in [3.8, 4) is 40.1 Å². The first-order valence-corrected chi connectivity index (χ1v) is 10.1. The van der Waals surface area contributed by atoms with Crippen LogP contribution in [0.25, 0.3) is 22.3 Å². The Hall–Kier alpha value is -3.47. The van der Waals surface area contributed by atoms with E-state index in [1.165, 1.54) is 44.6 Å². The molecule has 0 aliphatic carbocycles. The van der Waals surface area contributed by atoms with Gasteiger partial charge in [-0.2, -0.15) is 0 Å². The molecule has 0 amide bonds. The fraction of sp³-hybridized carbons (Fsp3) is 0.348. The van der Waals surface area contributed by atoms with Crippen LogP contribution in [0.5, 0.6) is 28.7 Å². The molecule has 3 aromatic rings. The van der Waals surface area contributed by atoms with E-state index in [4.69, 9.17) is 28.5 Å². The summed E-state index contributed by atoms with van der Waals surface area (Å²) in [5.41, 5.74) is -0.273. The number of aliphatic hydroxyl groups is 2. The summed E-state index contributed by atoms with van der Waals surface area (Å²) in [5, 5.41) is 39.1. The summed E-state index contributed by atoms with van der Waals surface area (Å²) < 4.78 is 27.3. The van der Waals surface area contributed by atoms with Crippen LogP contribution in [0.1, 0.15) is 13.3 Å². The van der Waals surface area contributed by atoms with Gasteiger partial charge in [-0.3, -0.25) is 4.79 Å². The van der Waals surface area contributed by atoms with Crippen molar-refractivity contribution in [3.63, 3.8) is 0 Å². The van der Waals surface area contributed by atoms with E-state index in [0.29, 0.717) is 5.75 Å². The second kappa shape index (κ2) is 10.4. The highest BCUT2D eigenvalue weighted by molar-refractivity contribution is 5.83. The molecule has 0 bridgehead atoms. The van der Waals surface area contributed by atoms with E-state index in [9.17, 15) is 20.1 Å². The minimum atomic E-state index is -0.764. The number of fused-ring (bicyclic) bond motifs is 1. The normalized spacial score (nSPS) is 13.0. The van der Waals surface area contributed by atoms with Crippen molar-refractivity contribution in [3.05, 3.63) is 40.6 Å². The lowest BCUT2D eigenvalue weighted by Crippen LogP contribution is -2.28. The molecule has 0 spiro atoms. The van der Waals surface area contributed by atoms with Crippen molar-refractivity contribution < 1.29 is 43.8 Å². The topological polar surface area (TPSA) is 148 Å². The van der Waals surface area contributed by atoms with Crippen LogP contribution in [0.2, 0.25) is 0 Å². The standard InChI is InChI=1S/C23H26O10/c1-12(32-15(11-25)6-7-24)31-14-4-5-16-17(10-14)33-23(22(28)20(16)26)13-8-18(29-2)21(27)19(9-13)30-3/h4-5,8-10,12,15,24-25,27-28H,6-7,11H2,1-3H3. The average Bonchev–Trinajstić information content (AvgIpc) is 2.81. The molecule has 178 valence electrons. The van der Waals surface area contributed by atoms with Crippen molar-refractivity contribution in [2.45, 2.75) is 25.7 Å². The van der Waals surface area contributed by atoms with Gasteiger partial charge in [0.1, 0.15) is 11.3 Å². The molecule has 3 rings (SSSR count). The smallest absolute Gasteiger partial charge is 0.235 e. The second-order valence-corrected chi connectivity index (χ2v) is 7.13. The number of aromatic hydroxyl groups is 2. The van der Waals surface area contributed by atoms with Crippen molar-refractivity contribution in [2.24, 2.45) is 0 Å². The molecule has 10 nitrogen and oxygen atoms in total. The van der Waals surface area contributed by atoms with Gasteiger partial charge in [0.2, 0.25) is 16.9 Å². The molecule has 0 fully saturated rings. The Morgan fingerprint density at radius 1 is 1.00 bits per heavy atom. The van der Waals surface area contributed by atoms with Gasteiger partial charge in [-0.25, -0.2) is 0 Å². The number of hydrogen-bond acceptors (Lipinski definition) is 10. The van der Waals surface area contributed by atoms with Gasteiger partial charge in [0.15, 0.2) is 23.5 Å². The molecule has 2 aromatic carbocycles. The molecule has 33 heavy (non-hydrogen) atoms. The van der Waals surface area contributed by atoms with Crippen LogP contribution < -0.4 is 19.6 Å². The van der Waals surface area contributed by atoms with Gasteiger partial charge in [0, 0.05) is 18.2 Å². The van der Waals surface area contributed by atoms with Crippen LogP contribution in [-0.2, 0) is 4.74 Å². The van der Waals surface area contributed by atoms with Crippen LogP contribution >= 0.6 is 0 Å². The van der Waals surface area contributed by atoms with E-state index in [0.717, 1.165) is 0 Å². The van der Waals surface area contributed by atoms with Crippen molar-refractivity contribution in [2.75, 3.05) is 27.4 Å². The van der Waals surface area contributed by atoms with Crippen LogP contribution in [-0.4, -0.2) is 60.3 Å². The molecule has 0 aliphatic rings. The summed E-state index contributed by atoms with van der Waals surface area (Å²) in [6.07, 6.45) is -1.11. The number of ether oxygens (including phenoxy) is 4. The van der Waals surface area contributed by atoms with E-state index >= 15 is 0 Å². The molecule has 1 aromatic heterocycles. The molecule has 0 saturated heterocycles. The monoisotopic (exact) mass is 462 g/mol. The highest BCUT2D eigenvalue weighted by Gasteiger charge is 2.20. The summed E-state index contributed by atoms with van der Waals surface area (Å²) in [6.45, 7) is 1.21. The predicted octanol–water partition coefficient (Wildman–Crippen LogP) is 2.37. The van der Waals surface area contributed by atoms with Gasteiger partial charge < -0.3 is 43.8 Å². The third-order valence-corrected chi connectivity index (χ3v) is 4.92. The van der Waals surface area contributed by atoms with Gasteiger partial charge in [0.05, 0.1) is 32.3 Å². The zero-order valence-corrected chi connectivity index (χ0v) is 18.4. The van der Waals surface area contributed by atoms with Crippen LogP contribution in [0, 0.1) is 0 Å². The minimum absolute atomic E-state index is 0.0656. The van der Waals surface area contributed by atoms with E-state index in [1.54, 1.807) is 6.92 Å². The fourth-order valence-corrected chi connectivity index (χ4v) is 3.29. The number of aliphatic hydroxyl groups excluding tert-OH is 2. The Morgan fingerprint density at radius 2 is 1.67 bits per heavy atom. The lowest BCUT2D eigenvalue weighted by Gasteiger charge is -2.21. The average molecular weight is 462 g/mol. The number of phenolic OH excluding ortho intramolecular Hbond substituents is 1. The fourth-order valence-electron chi connectivity index (χ4n) is 3.29. The maximum Gasteiger partial charge on any atom is 0.235 e. The van der Waals surface area contributed by atoms with Gasteiger partial charge in [0.25, 0.3) is 0 Å². The Kier molecular flexibility index (Phi) is 7.64. The molecule has 4 N–H and O–H groups in total. The second-order valence-electron chi connectivity index (χ2n) is 7.13. The van der Waals surface area contributed by atoms with E-state index in [-0.39, 0.29) is 59.2 Å². The van der Waals surface area contributed by atoms with E-state index < -0.39 is 23.6 Å². The molecule has 10 heteroatoms. The van der Waals surface area contributed by atoms with Crippen LogP contribution in [0.4, 0.5) is 0 Å². The van der Waals surface area contributed by atoms with Crippen LogP contribution in [0.15, 0.2) is 39.5 Å². The zero-order chi connectivity index (χ0) is 24.1. The Morgan fingerprint density at radius 3 is 2.24 bits per heavy atom. The Labute approximate surface area is 189 Å². The SMILES string of the molecule is COc1cc(-c2oc3cc(OC(C)OC(CO)CCO)ccc3c(=O)c2O)cc(OC)c1O. The summed E-state index contributed by atoms with van der Waals surface area (Å²) in [6, 6.07) is 7.23. The van der Waals surface area contributed by atoms with Crippen molar-refractivity contribution in [1.82, 2.24) is 0 Å². The number of benzene rings is 2. The summed E-state index contributed by atoms with van der Waals surface area (Å²) in [4.78, 5) is 12.7. The highest BCUT2D eigenvalue weighted by Crippen LogP contribution is 2.42. The molecule has 2 atom stereocenters. The Bertz CT molecular complexity index is 1140.